The number of hydrogen-bond donors (Lipinski definition) is 2. The number of aliphatic hydroxyl groups excluding tert-OH is 2. The Morgan fingerprint density at radius 3 is 2.29 bits per heavy atom. The summed E-state index contributed by atoms with van der Waals surface area (Å²) in [5, 5.41) is 21.6. The van der Waals surface area contributed by atoms with Crippen LogP contribution >= 0.6 is 23.2 Å². The van der Waals surface area contributed by atoms with E-state index in [1.54, 1.807) is 56.6 Å². The van der Waals surface area contributed by atoms with Crippen molar-refractivity contribution in [3.63, 3.8) is 0 Å². The van der Waals surface area contributed by atoms with Gasteiger partial charge < -0.3 is 19.8 Å². The monoisotopic (exact) mass is 422 g/mol. The lowest BCUT2D eigenvalue weighted by Gasteiger charge is -2.25. The van der Waals surface area contributed by atoms with Crippen molar-refractivity contribution in [1.29, 1.82) is 0 Å². The number of benzene rings is 2. The molecule has 2 aromatic rings. The van der Waals surface area contributed by atoms with Crippen LogP contribution in [-0.4, -0.2) is 52.5 Å². The smallest absolute Gasteiger partial charge is 0.253 e. The molecule has 0 bridgehead atoms. The molecule has 0 aliphatic carbocycles. The molecule has 1 aliphatic rings. The van der Waals surface area contributed by atoms with E-state index >= 15 is 0 Å². The van der Waals surface area contributed by atoms with Gasteiger partial charge in [-0.1, -0.05) is 35.3 Å². The Labute approximate surface area is 173 Å². The molecule has 2 aromatic carbocycles. The van der Waals surface area contributed by atoms with Crippen LogP contribution in [0.4, 0.5) is 0 Å². The van der Waals surface area contributed by atoms with Gasteiger partial charge in [-0.05, 0) is 35.9 Å². The maximum atomic E-state index is 12.0. The molecule has 6 nitrogen and oxygen atoms in total. The van der Waals surface area contributed by atoms with Gasteiger partial charge in [0, 0.05) is 42.3 Å². The summed E-state index contributed by atoms with van der Waals surface area (Å²) in [7, 11) is 3.38. The van der Waals surface area contributed by atoms with Crippen LogP contribution in [0.25, 0.3) is 0 Å². The lowest BCUT2D eigenvalue weighted by molar-refractivity contribution is -0.0580. The highest BCUT2D eigenvalue weighted by atomic mass is 35.5. The van der Waals surface area contributed by atoms with Crippen LogP contribution < -0.4 is 4.74 Å². The Hall–Kier alpha value is -2.09. The van der Waals surface area contributed by atoms with Crippen LogP contribution in [0, 0.1) is 0 Å². The summed E-state index contributed by atoms with van der Waals surface area (Å²) in [4.78, 5) is 14.9. The predicted octanol–water partition coefficient (Wildman–Crippen LogP) is 3.11. The number of aliphatic hydroxyl groups is 2. The molecule has 0 radical (unpaired) electrons. The lowest BCUT2D eigenvalue weighted by atomic mass is 10.1. The van der Waals surface area contributed by atoms with Gasteiger partial charge in [0.15, 0.2) is 6.23 Å². The molecule has 8 heteroatoms. The van der Waals surface area contributed by atoms with E-state index in [1.165, 1.54) is 15.9 Å². The Kier molecular flexibility index (Phi) is 6.27. The van der Waals surface area contributed by atoms with Gasteiger partial charge in [0.25, 0.3) is 5.91 Å². The third-order valence-corrected chi connectivity index (χ3v) is 4.70. The SMILES string of the molecule is CN(C)C(=O)c1ccc(CN2C(O)C=C(Oc3cc(Cl)cc(Cl)c3)C2O)cc1. The molecule has 2 atom stereocenters. The molecule has 0 spiro atoms. The van der Waals surface area contributed by atoms with Crippen molar-refractivity contribution in [2.24, 2.45) is 0 Å². The van der Waals surface area contributed by atoms with Gasteiger partial charge in [-0.2, -0.15) is 0 Å². The van der Waals surface area contributed by atoms with E-state index in [2.05, 4.69) is 0 Å². The Morgan fingerprint density at radius 2 is 1.71 bits per heavy atom. The van der Waals surface area contributed by atoms with Crippen LogP contribution in [-0.2, 0) is 6.54 Å². The highest BCUT2D eigenvalue weighted by Gasteiger charge is 2.34. The summed E-state index contributed by atoms with van der Waals surface area (Å²) in [6, 6.07) is 11.7. The quantitative estimate of drug-likeness (QED) is 0.774. The summed E-state index contributed by atoms with van der Waals surface area (Å²) in [6.45, 7) is 0.262. The van der Waals surface area contributed by atoms with Gasteiger partial charge in [-0.3, -0.25) is 4.79 Å². The van der Waals surface area contributed by atoms with Crippen LogP contribution in [0.5, 0.6) is 5.75 Å². The van der Waals surface area contributed by atoms with E-state index in [4.69, 9.17) is 27.9 Å². The minimum Gasteiger partial charge on any atom is -0.458 e. The van der Waals surface area contributed by atoms with Gasteiger partial charge >= 0.3 is 0 Å². The first kappa shape index (κ1) is 20.6. The van der Waals surface area contributed by atoms with Gasteiger partial charge in [0.05, 0.1) is 0 Å². The molecule has 1 aliphatic heterocycles. The fourth-order valence-corrected chi connectivity index (χ4v) is 3.35. The zero-order valence-electron chi connectivity index (χ0n) is 15.3. The van der Waals surface area contributed by atoms with E-state index in [0.717, 1.165) is 5.56 Å². The third-order valence-electron chi connectivity index (χ3n) is 4.27. The molecule has 1 amide bonds. The maximum Gasteiger partial charge on any atom is 0.253 e. The number of carbonyl (C=O) groups excluding carboxylic acids is 1. The molecular weight excluding hydrogens is 403 g/mol. The highest BCUT2D eigenvalue weighted by Crippen LogP contribution is 2.30. The minimum atomic E-state index is -1.14. The third kappa shape index (κ3) is 4.66. The Morgan fingerprint density at radius 1 is 1.11 bits per heavy atom. The molecule has 2 unspecified atom stereocenters. The van der Waals surface area contributed by atoms with E-state index in [1.807, 2.05) is 0 Å². The van der Waals surface area contributed by atoms with Crippen LogP contribution in [0.2, 0.25) is 10.0 Å². The second-order valence-electron chi connectivity index (χ2n) is 6.63. The van der Waals surface area contributed by atoms with Gasteiger partial charge in [-0.15, -0.1) is 0 Å². The van der Waals surface area contributed by atoms with E-state index < -0.39 is 12.5 Å². The van der Waals surface area contributed by atoms with Crippen molar-refractivity contribution >= 4 is 29.1 Å². The Bertz CT molecular complexity index is 879. The first-order valence-electron chi connectivity index (χ1n) is 8.53. The molecule has 2 N–H and O–H groups in total. The molecule has 3 rings (SSSR count). The number of ether oxygens (including phenoxy) is 1. The lowest BCUT2D eigenvalue weighted by Crippen LogP contribution is -2.37. The standard InChI is InChI=1S/C20H20Cl2N2O4/c1-23(2)19(26)13-5-3-12(4-6-13)11-24-18(25)10-17(20(24)27)28-16-8-14(21)7-15(22)9-16/h3-10,18,20,25,27H,11H2,1-2H3. The summed E-state index contributed by atoms with van der Waals surface area (Å²) in [5.41, 5.74) is 1.39. The van der Waals surface area contributed by atoms with Gasteiger partial charge in [-0.25, -0.2) is 4.90 Å². The number of amides is 1. The number of halogens is 2. The highest BCUT2D eigenvalue weighted by molar-refractivity contribution is 6.34. The number of rotatable bonds is 5. The van der Waals surface area contributed by atoms with E-state index in [0.29, 0.717) is 21.4 Å². The van der Waals surface area contributed by atoms with Crippen molar-refractivity contribution in [2.45, 2.75) is 19.0 Å². The molecule has 0 saturated heterocycles. The normalized spacial score (nSPS) is 19.4. The first-order valence-corrected chi connectivity index (χ1v) is 9.28. The minimum absolute atomic E-state index is 0.0923. The van der Waals surface area contributed by atoms with E-state index in [-0.39, 0.29) is 18.2 Å². The summed E-state index contributed by atoms with van der Waals surface area (Å²) in [6.07, 6.45) is -0.748. The van der Waals surface area contributed by atoms with Crippen molar-refractivity contribution < 1.29 is 19.7 Å². The van der Waals surface area contributed by atoms with Crippen LogP contribution in [0.3, 0.4) is 0 Å². The second-order valence-corrected chi connectivity index (χ2v) is 7.51. The fourth-order valence-electron chi connectivity index (χ4n) is 2.85. The molecule has 0 fully saturated rings. The van der Waals surface area contributed by atoms with Gasteiger partial charge in [0.2, 0.25) is 0 Å². The van der Waals surface area contributed by atoms with E-state index in [9.17, 15) is 15.0 Å². The molecule has 28 heavy (non-hydrogen) atoms. The maximum absolute atomic E-state index is 12.0. The van der Waals surface area contributed by atoms with Crippen molar-refractivity contribution in [1.82, 2.24) is 9.80 Å². The largest absolute Gasteiger partial charge is 0.458 e. The topological polar surface area (TPSA) is 73.2 Å². The summed E-state index contributed by atoms with van der Waals surface area (Å²) in [5.74, 6) is 0.457. The number of nitrogens with zero attached hydrogens (tertiary/aromatic N) is 2. The molecule has 148 valence electrons. The average Bonchev–Trinajstić information content (AvgIpc) is 2.88. The van der Waals surface area contributed by atoms with Crippen molar-refractivity contribution in [3.8, 4) is 5.75 Å². The number of hydrogen-bond acceptors (Lipinski definition) is 5. The molecular formula is C20H20Cl2N2O4. The zero-order chi connectivity index (χ0) is 20.4. The molecule has 0 saturated carbocycles. The summed E-state index contributed by atoms with van der Waals surface area (Å²) < 4.78 is 5.65. The summed E-state index contributed by atoms with van der Waals surface area (Å²) >= 11 is 11.9. The van der Waals surface area contributed by atoms with Crippen LogP contribution in [0.1, 0.15) is 15.9 Å². The van der Waals surface area contributed by atoms with Crippen molar-refractivity contribution in [2.75, 3.05) is 14.1 Å². The first-order chi connectivity index (χ1) is 13.2. The van der Waals surface area contributed by atoms with Gasteiger partial charge in [0.1, 0.15) is 17.7 Å². The average molecular weight is 423 g/mol. The number of carbonyl (C=O) groups is 1. The zero-order valence-corrected chi connectivity index (χ0v) is 16.9. The van der Waals surface area contributed by atoms with Crippen LogP contribution in [0.15, 0.2) is 54.3 Å². The molecule has 1 heterocycles. The predicted molar refractivity (Wildman–Crippen MR) is 107 cm³/mol. The molecule has 0 aromatic heterocycles. The Balaban J connectivity index is 1.68. The second kappa shape index (κ2) is 8.51. The fraction of sp³-hybridized carbons (Fsp3) is 0.250. The van der Waals surface area contributed by atoms with Crippen molar-refractivity contribution in [3.05, 3.63) is 75.5 Å².